The van der Waals surface area contributed by atoms with E-state index in [4.69, 9.17) is 23.2 Å². The Kier molecular flexibility index (Phi) is 14.3. The van der Waals surface area contributed by atoms with Crippen molar-refractivity contribution in [1.82, 2.24) is 19.9 Å². The van der Waals surface area contributed by atoms with Gasteiger partial charge in [-0.1, -0.05) is 35.3 Å². The number of aryl methyl sites for hydroxylation is 1. The molecule has 0 bridgehead atoms. The van der Waals surface area contributed by atoms with E-state index in [1.165, 1.54) is 22.8 Å². The number of rotatable bonds is 10. The number of anilines is 2. The molecule has 301 valence electrons. The topological polar surface area (TPSA) is 248 Å². The van der Waals surface area contributed by atoms with Crippen LogP contribution in [-0.4, -0.2) is 81.4 Å². The number of carbonyl (C=O) groups is 3. The molecule has 0 saturated heterocycles. The zero-order chi connectivity index (χ0) is 40.9. The van der Waals surface area contributed by atoms with Crippen molar-refractivity contribution in [2.75, 3.05) is 24.5 Å². The molecule has 0 saturated carbocycles. The summed E-state index contributed by atoms with van der Waals surface area (Å²) in [6.07, 6.45) is 6.73. The van der Waals surface area contributed by atoms with Gasteiger partial charge in [0.1, 0.15) is 27.1 Å². The normalized spacial score (nSPS) is 18.1. The fourth-order valence-corrected chi connectivity index (χ4v) is 6.78. The van der Waals surface area contributed by atoms with Crippen LogP contribution in [0.3, 0.4) is 0 Å². The molecule has 2 heterocycles. The van der Waals surface area contributed by atoms with Crippen LogP contribution in [0.15, 0.2) is 115 Å². The maximum absolute atomic E-state index is 12.7. The van der Waals surface area contributed by atoms with Crippen LogP contribution in [0.5, 0.6) is 0 Å². The fourth-order valence-electron chi connectivity index (χ4n) is 4.95. The van der Waals surface area contributed by atoms with Gasteiger partial charge >= 0.3 is 1.43 Å². The second kappa shape index (κ2) is 18.3. The van der Waals surface area contributed by atoms with Crippen LogP contribution in [0.25, 0.3) is 10.4 Å². The van der Waals surface area contributed by atoms with Crippen molar-refractivity contribution < 1.29 is 49.4 Å². The molecule has 2 aliphatic carbocycles. The minimum absolute atomic E-state index is 0. The molecular weight excluding hydrogens is 870 g/mol. The first-order valence-corrected chi connectivity index (χ1v) is 19.7. The summed E-state index contributed by atoms with van der Waals surface area (Å²) in [4.78, 5) is 49.0. The Hall–Kier alpha value is -5.26. The zero-order valence-electron chi connectivity index (χ0n) is 31.0. The molecule has 1 aromatic heterocycles. The molecule has 6 rings (SSSR count). The third-order valence-electron chi connectivity index (χ3n) is 7.90. The van der Waals surface area contributed by atoms with Crippen molar-refractivity contribution in [2.45, 2.75) is 19.9 Å². The molecule has 0 fully saturated rings. The number of hydrazone groups is 3. The quantitative estimate of drug-likeness (QED) is 0.171. The Morgan fingerprint density at radius 3 is 2.00 bits per heavy atom. The average Bonchev–Trinajstić information content (AvgIpc) is 3.62. The monoisotopic (exact) mass is 901 g/mol. The Labute approximate surface area is 347 Å². The van der Waals surface area contributed by atoms with E-state index in [9.17, 15) is 36.0 Å². The van der Waals surface area contributed by atoms with Crippen molar-refractivity contribution in [3.63, 3.8) is 0 Å². The molecule has 18 nitrogen and oxygen atoms in total. The van der Waals surface area contributed by atoms with E-state index in [-0.39, 0.29) is 45.1 Å². The minimum atomic E-state index is -3.86. The van der Waals surface area contributed by atoms with Gasteiger partial charge in [-0.25, -0.2) is 26.2 Å². The van der Waals surface area contributed by atoms with Gasteiger partial charge in [0.15, 0.2) is 6.04 Å². The molecule has 1 unspecified atom stereocenters. The number of nitrogens with one attached hydrogen (secondary N) is 4. The second-order valence-corrected chi connectivity index (χ2v) is 16.2. The standard InChI is InChI=1S/C17H16ClN5O4S.C17H15ClN5O4S.Co/c2*1-10-16(17(25)23(22-10)12-5-3-4-11(18)8-12)21-20-14-9-13(6-7-15(14)24)28(26,27)19-2;/h3-9,19,21-22H,1-2H3;3-9,16H,1-2H3,(H,21,24);/q;-1;/p+1/b20-14-;;. The number of H-pyrrole nitrogens is 1. The third-order valence-corrected chi connectivity index (χ3v) is 11.1. The van der Waals surface area contributed by atoms with Gasteiger partial charge in [-0.2, -0.15) is 27.4 Å². The molecule has 3 aromatic rings. The number of nitrogens with zero attached hydrogens (tertiary/aromatic N) is 6. The van der Waals surface area contributed by atoms with Crippen LogP contribution < -0.4 is 26.1 Å². The molecule has 3 aliphatic rings. The number of benzene rings is 2. The van der Waals surface area contributed by atoms with Gasteiger partial charge < -0.3 is 4.72 Å². The summed E-state index contributed by atoms with van der Waals surface area (Å²) in [5.74, 6) is -1.41. The first-order chi connectivity index (χ1) is 26.4. The first kappa shape index (κ1) is 44.5. The number of aromatic amines is 1. The van der Waals surface area contributed by atoms with Crippen LogP contribution >= 0.6 is 23.2 Å². The Morgan fingerprint density at radius 1 is 0.842 bits per heavy atom. The van der Waals surface area contributed by atoms with E-state index < -0.39 is 49.1 Å². The Morgan fingerprint density at radius 2 is 1.40 bits per heavy atom. The van der Waals surface area contributed by atoms with E-state index in [1.807, 2.05) is 0 Å². The number of allylic oxidation sites excluding steroid dienone is 6. The molecular formula is C34H32Cl2CoN10O8S2. The van der Waals surface area contributed by atoms with Gasteiger partial charge in [0.2, 0.25) is 21.6 Å². The molecule has 57 heavy (non-hydrogen) atoms. The minimum Gasteiger partial charge on any atom is -0.547 e. The fraction of sp³-hybridized carbons (Fsp3) is 0.147. The molecule has 1 amide bonds. The number of carbonyl (C=O) groups excluding carboxylic acids is 3. The summed E-state index contributed by atoms with van der Waals surface area (Å²) in [5, 5.41) is 17.0. The number of sulfonamides is 2. The molecule has 1 radical (unpaired) electrons. The second-order valence-electron chi connectivity index (χ2n) is 11.6. The van der Waals surface area contributed by atoms with Gasteiger partial charge in [0.05, 0.1) is 32.6 Å². The largest absolute Gasteiger partial charge is 1.00 e. The number of aromatic nitrogens is 2. The third kappa shape index (κ3) is 10.2. The molecule has 4 N–H and O–H groups in total. The van der Waals surface area contributed by atoms with Gasteiger partial charge in [0, 0.05) is 26.8 Å². The van der Waals surface area contributed by atoms with Crippen LogP contribution in [-0.2, 0) is 51.2 Å². The van der Waals surface area contributed by atoms with E-state index in [0.29, 0.717) is 32.8 Å². The average molecular weight is 903 g/mol. The smallest absolute Gasteiger partial charge is 0.547 e. The van der Waals surface area contributed by atoms with Crippen LogP contribution in [0.1, 0.15) is 14.0 Å². The predicted molar refractivity (Wildman–Crippen MR) is 215 cm³/mol. The number of hydrogen-bond acceptors (Lipinski definition) is 13. The maximum atomic E-state index is 12.7. The van der Waals surface area contributed by atoms with Gasteiger partial charge in [-0.05, 0) is 93.7 Å². The van der Waals surface area contributed by atoms with Crippen LogP contribution in [0.2, 0.25) is 10.0 Å². The molecule has 0 spiro atoms. The van der Waals surface area contributed by atoms with E-state index in [1.54, 1.807) is 62.4 Å². The number of halogens is 2. The Bertz CT molecular complexity index is 2650. The van der Waals surface area contributed by atoms with E-state index in [2.05, 4.69) is 40.7 Å². The molecule has 23 heteroatoms. The number of amides is 1. The Balaban J connectivity index is 0.000000300. The maximum Gasteiger partial charge on any atom is 1.00 e. The van der Waals surface area contributed by atoms with Crippen molar-refractivity contribution in [3.05, 3.63) is 126 Å². The summed E-state index contributed by atoms with van der Waals surface area (Å²) in [5.41, 5.74) is 6.43. The summed E-state index contributed by atoms with van der Waals surface area (Å²) in [6.45, 7) is 3.28. The van der Waals surface area contributed by atoms with E-state index in [0.717, 1.165) is 37.4 Å². The van der Waals surface area contributed by atoms with Gasteiger partial charge in [-0.3, -0.25) is 35.1 Å². The first-order valence-electron chi connectivity index (χ1n) is 16.0. The van der Waals surface area contributed by atoms with E-state index >= 15 is 0 Å². The number of hydrogen-bond donors (Lipinski definition) is 4. The summed E-state index contributed by atoms with van der Waals surface area (Å²) in [6, 6.07) is 12.4. The SMILES string of the molecule is CNS(=O)(=O)C1=C/C(=N/Nc2c(C)[nH]n(-c3cccc(Cl)c3)c2=O)C(=O)C=C1.C[N-]S(=O)(=O)C1=CC(=NNC2C(=O)N(c3cccc(Cl)c3)N=C2C)C(=O)C=C1.[Co].[H+]. The summed E-state index contributed by atoms with van der Waals surface area (Å²) in [7, 11) is -5.20. The van der Waals surface area contributed by atoms with Gasteiger partial charge in [0.25, 0.3) is 11.5 Å². The molecule has 1 atom stereocenters. The summed E-state index contributed by atoms with van der Waals surface area (Å²) < 4.78 is 54.2. The predicted octanol–water partition coefficient (Wildman–Crippen LogP) is 3.31. The van der Waals surface area contributed by atoms with Crippen molar-refractivity contribution in [2.24, 2.45) is 15.3 Å². The van der Waals surface area contributed by atoms with Crippen molar-refractivity contribution >= 4 is 89.2 Å². The molecule has 2 aromatic carbocycles. The van der Waals surface area contributed by atoms with Crippen molar-refractivity contribution in [1.29, 1.82) is 0 Å². The van der Waals surface area contributed by atoms with Crippen LogP contribution in [0.4, 0.5) is 11.4 Å². The van der Waals surface area contributed by atoms with Crippen LogP contribution in [0, 0.1) is 6.92 Å². The summed E-state index contributed by atoms with van der Waals surface area (Å²) >= 11 is 11.9. The van der Waals surface area contributed by atoms with Gasteiger partial charge in [-0.15, -0.1) is 0 Å². The van der Waals surface area contributed by atoms with Crippen molar-refractivity contribution in [3.8, 4) is 5.69 Å². The zero-order valence-corrected chi connectivity index (χ0v) is 34.2. The molecule has 1 aliphatic heterocycles. The number of ketones is 2.